The lowest BCUT2D eigenvalue weighted by molar-refractivity contribution is -0.175. The number of benzene rings is 1. The lowest BCUT2D eigenvalue weighted by Gasteiger charge is -2.71. The summed E-state index contributed by atoms with van der Waals surface area (Å²) < 4.78 is 17.3. The Hall–Kier alpha value is -2.68. The minimum atomic E-state index is -1.17. The number of Topliss-reactive ketones (excluding diaryl/α,β-unsaturated/α-hetero) is 1. The summed E-state index contributed by atoms with van der Waals surface area (Å²) in [7, 11) is 3.30. The molecule has 4 fully saturated rings. The van der Waals surface area contributed by atoms with Crippen LogP contribution in [-0.4, -0.2) is 78.7 Å². The van der Waals surface area contributed by atoms with Crippen molar-refractivity contribution in [1.82, 2.24) is 4.90 Å². The molecular formula is C45H65NO7. The number of fused-ring (bicyclic) bond motifs is 1. The molecule has 0 aromatic heterocycles. The van der Waals surface area contributed by atoms with Gasteiger partial charge in [-0.05, 0) is 123 Å². The summed E-state index contributed by atoms with van der Waals surface area (Å²) in [5.74, 6) is 2.17. The first kappa shape index (κ1) is 38.6. The molecular weight excluding hydrogens is 666 g/mol. The highest BCUT2D eigenvalue weighted by molar-refractivity contribution is 6.10. The zero-order chi connectivity index (χ0) is 38.0. The van der Waals surface area contributed by atoms with E-state index in [0.717, 1.165) is 56.9 Å². The molecule has 1 aromatic rings. The number of allylic oxidation sites excluding steroid dienone is 4. The number of carbonyl (C=O) groups is 2. The minimum absolute atomic E-state index is 0.00761. The molecule has 8 heteroatoms. The number of ketones is 1. The minimum Gasteiger partial charge on any atom is -0.497 e. The number of amides is 1. The average Bonchev–Trinajstić information content (AvgIpc) is 3.40. The van der Waals surface area contributed by atoms with E-state index in [0.29, 0.717) is 61.5 Å². The van der Waals surface area contributed by atoms with E-state index in [1.54, 1.807) is 19.1 Å². The Labute approximate surface area is 317 Å². The van der Waals surface area contributed by atoms with Crippen LogP contribution in [0.1, 0.15) is 116 Å². The van der Waals surface area contributed by atoms with Gasteiger partial charge in [-0.2, -0.15) is 0 Å². The molecule has 1 aromatic carbocycles. The zero-order valence-electron chi connectivity index (χ0n) is 33.4. The van der Waals surface area contributed by atoms with E-state index in [4.69, 9.17) is 14.2 Å². The monoisotopic (exact) mass is 731 g/mol. The van der Waals surface area contributed by atoms with E-state index >= 15 is 0 Å². The van der Waals surface area contributed by atoms with Crippen LogP contribution in [0.3, 0.4) is 0 Å². The maximum absolute atomic E-state index is 14.9. The second-order valence-corrected chi connectivity index (χ2v) is 18.9. The first-order valence-corrected chi connectivity index (χ1v) is 20.6. The molecule has 8 nitrogen and oxygen atoms in total. The summed E-state index contributed by atoms with van der Waals surface area (Å²) in [4.78, 5) is 30.9. The zero-order valence-corrected chi connectivity index (χ0v) is 33.4. The van der Waals surface area contributed by atoms with Gasteiger partial charge >= 0.3 is 6.09 Å². The second-order valence-electron chi connectivity index (χ2n) is 18.9. The SMILES string of the molecule is COCCCN(CC1(O)CCC2C34C=CC5(C=C3C(=O)c3ccc(OC)cc3)CC(O)CCC5(C)C4CCC21C)C(=O)OC1CC(C)CCC1C(C)C. The van der Waals surface area contributed by atoms with E-state index in [-0.39, 0.29) is 41.8 Å². The molecule has 292 valence electrons. The third-order valence-corrected chi connectivity index (χ3v) is 16.0. The summed E-state index contributed by atoms with van der Waals surface area (Å²) in [5, 5.41) is 24.1. The Kier molecular flexibility index (Phi) is 10.3. The van der Waals surface area contributed by atoms with Crippen molar-refractivity contribution in [1.29, 1.82) is 0 Å². The van der Waals surface area contributed by atoms with Gasteiger partial charge < -0.3 is 29.3 Å². The van der Waals surface area contributed by atoms with E-state index in [1.165, 1.54) is 0 Å². The average molecular weight is 732 g/mol. The smallest absolute Gasteiger partial charge is 0.410 e. The van der Waals surface area contributed by atoms with Crippen molar-refractivity contribution in [2.75, 3.05) is 33.9 Å². The predicted octanol–water partition coefficient (Wildman–Crippen LogP) is 8.40. The van der Waals surface area contributed by atoms with Crippen LogP contribution in [0.2, 0.25) is 0 Å². The van der Waals surface area contributed by atoms with Crippen molar-refractivity contribution in [2.24, 2.45) is 51.2 Å². The van der Waals surface area contributed by atoms with Gasteiger partial charge in [0.05, 0.1) is 25.4 Å². The number of aliphatic hydroxyl groups is 2. The summed E-state index contributed by atoms with van der Waals surface area (Å²) in [6, 6.07) is 7.42. The second kappa shape index (κ2) is 14.1. The molecule has 8 rings (SSSR count). The quantitative estimate of drug-likeness (QED) is 0.134. The molecule has 0 heterocycles. The third kappa shape index (κ3) is 6.03. The van der Waals surface area contributed by atoms with Crippen LogP contribution < -0.4 is 4.74 Å². The van der Waals surface area contributed by atoms with Crippen molar-refractivity contribution in [3.63, 3.8) is 0 Å². The van der Waals surface area contributed by atoms with Crippen LogP contribution in [0.5, 0.6) is 5.75 Å². The van der Waals surface area contributed by atoms with Gasteiger partial charge in [-0.3, -0.25) is 4.79 Å². The fourth-order valence-electron chi connectivity index (χ4n) is 12.9. The van der Waals surface area contributed by atoms with Crippen molar-refractivity contribution >= 4 is 11.9 Å². The first-order valence-electron chi connectivity index (χ1n) is 20.6. The Morgan fingerprint density at radius 1 is 0.943 bits per heavy atom. The molecule has 0 aliphatic heterocycles. The van der Waals surface area contributed by atoms with Gasteiger partial charge in [-0.15, -0.1) is 0 Å². The Morgan fingerprint density at radius 2 is 1.64 bits per heavy atom. The van der Waals surface area contributed by atoms with Crippen molar-refractivity contribution < 1.29 is 34.0 Å². The number of carbonyl (C=O) groups excluding carboxylic acids is 2. The van der Waals surface area contributed by atoms with Gasteiger partial charge in [0.15, 0.2) is 5.78 Å². The Morgan fingerprint density at radius 3 is 2.34 bits per heavy atom. The van der Waals surface area contributed by atoms with Gasteiger partial charge in [0, 0.05) is 47.6 Å². The van der Waals surface area contributed by atoms with Crippen LogP contribution in [-0.2, 0) is 9.47 Å². The fourth-order valence-corrected chi connectivity index (χ4v) is 12.9. The van der Waals surface area contributed by atoms with Crippen LogP contribution >= 0.6 is 0 Å². The maximum Gasteiger partial charge on any atom is 0.410 e. The number of methoxy groups -OCH3 is 2. The van der Waals surface area contributed by atoms with Crippen LogP contribution in [0.4, 0.5) is 4.79 Å². The predicted molar refractivity (Wildman–Crippen MR) is 206 cm³/mol. The molecule has 11 unspecified atom stereocenters. The number of hydrogen-bond acceptors (Lipinski definition) is 7. The largest absolute Gasteiger partial charge is 0.497 e. The highest BCUT2D eigenvalue weighted by Gasteiger charge is 2.74. The van der Waals surface area contributed by atoms with E-state index in [9.17, 15) is 19.8 Å². The lowest BCUT2D eigenvalue weighted by atomic mass is 9.32. The summed E-state index contributed by atoms with van der Waals surface area (Å²) in [6.45, 7) is 12.5. The molecule has 53 heavy (non-hydrogen) atoms. The lowest BCUT2D eigenvalue weighted by Crippen LogP contribution is -2.67. The standard InChI is InChI=1S/C45H65NO7/c1-29(2)34-14-9-30(3)25-36(34)53-40(49)46(23-8-24-51-6)28-44(50)20-17-38-42(44,5)19-16-37-41(4)18-15-32(47)26-43(41)21-22-45(37,38)35(27-43)39(48)31-10-12-33(52-7)13-11-31/h10-13,21-22,27,29-30,32,34,36-38,47,50H,8-9,14-20,23-26,28H2,1-7H3. The summed E-state index contributed by atoms with van der Waals surface area (Å²) >= 11 is 0. The van der Waals surface area contributed by atoms with E-state index in [1.807, 2.05) is 24.3 Å². The van der Waals surface area contributed by atoms with Crippen LogP contribution in [0.15, 0.2) is 48.1 Å². The first-order chi connectivity index (χ1) is 25.2. The number of ether oxygens (including phenoxy) is 3. The molecule has 0 saturated heterocycles. The summed E-state index contributed by atoms with van der Waals surface area (Å²) in [6.07, 6.45) is 15.1. The summed E-state index contributed by atoms with van der Waals surface area (Å²) in [5.41, 5.74) is -1.37. The molecule has 2 spiro atoms. The molecule has 7 aliphatic rings. The normalized spacial score (nSPS) is 41.3. The molecule has 1 amide bonds. The molecule has 2 N–H and O–H groups in total. The molecule has 2 bridgehead atoms. The maximum atomic E-state index is 14.9. The van der Waals surface area contributed by atoms with Gasteiger partial charge in [-0.25, -0.2) is 4.79 Å². The third-order valence-electron chi connectivity index (χ3n) is 16.0. The van der Waals surface area contributed by atoms with Gasteiger partial charge in [0.25, 0.3) is 0 Å². The van der Waals surface area contributed by atoms with Gasteiger partial charge in [0.1, 0.15) is 11.9 Å². The Bertz CT molecular complexity index is 1600. The van der Waals surface area contributed by atoms with E-state index < -0.39 is 27.9 Å². The van der Waals surface area contributed by atoms with Crippen LogP contribution in [0, 0.1) is 51.2 Å². The Balaban J connectivity index is 1.24. The number of hydrogen-bond donors (Lipinski definition) is 2. The van der Waals surface area contributed by atoms with Crippen molar-refractivity contribution in [2.45, 2.75) is 123 Å². The van der Waals surface area contributed by atoms with E-state index in [2.05, 4.69) is 52.8 Å². The molecule has 0 radical (unpaired) electrons. The number of nitrogens with zero attached hydrogens (tertiary/aromatic N) is 1. The molecule has 11 atom stereocenters. The number of aliphatic hydroxyl groups excluding tert-OH is 1. The molecule has 7 aliphatic carbocycles. The van der Waals surface area contributed by atoms with Crippen molar-refractivity contribution in [3.05, 3.63) is 53.6 Å². The molecule has 4 saturated carbocycles. The van der Waals surface area contributed by atoms with Crippen LogP contribution in [0.25, 0.3) is 0 Å². The number of rotatable bonds is 11. The van der Waals surface area contributed by atoms with Crippen molar-refractivity contribution in [3.8, 4) is 5.75 Å². The highest BCUT2D eigenvalue weighted by Crippen LogP contribution is 2.78. The highest BCUT2D eigenvalue weighted by atomic mass is 16.6. The van der Waals surface area contributed by atoms with Gasteiger partial charge in [0.2, 0.25) is 0 Å². The van der Waals surface area contributed by atoms with Gasteiger partial charge in [-0.1, -0.05) is 59.3 Å². The fraction of sp³-hybridized carbons (Fsp3) is 0.733. The topological polar surface area (TPSA) is 106 Å².